The molecule has 2 aliphatic rings. The zero-order chi connectivity index (χ0) is 20.3. The Morgan fingerprint density at radius 3 is 2.83 bits per heavy atom. The van der Waals surface area contributed by atoms with E-state index in [1.807, 2.05) is 18.5 Å². The molecule has 4 heterocycles. The van der Waals surface area contributed by atoms with Crippen molar-refractivity contribution in [2.24, 2.45) is 0 Å². The predicted molar refractivity (Wildman–Crippen MR) is 116 cm³/mol. The van der Waals surface area contributed by atoms with Gasteiger partial charge >= 0.3 is 0 Å². The van der Waals surface area contributed by atoms with Crippen LogP contribution in [-0.4, -0.2) is 39.2 Å². The number of carbonyl (C=O) groups is 1. The Labute approximate surface area is 175 Å². The smallest absolute Gasteiger partial charge is 0.276 e. The standard InChI is InChI=1S/C23H24N6O/c30-23(26-18-5-4-8-24-14-18)22-20-12-16(6-7-21(20)27-28-22)17-11-19(15-25-13-17)29-9-2-1-3-10-29/h4-6,8,11,13-15H,1-3,7,9-10,12H2,(H,26,30)(H,27,28). The first-order chi connectivity index (χ1) is 14.8. The Kier molecular flexibility index (Phi) is 5.01. The van der Waals surface area contributed by atoms with Crippen molar-refractivity contribution in [3.63, 3.8) is 0 Å². The Morgan fingerprint density at radius 1 is 1.10 bits per heavy atom. The summed E-state index contributed by atoms with van der Waals surface area (Å²) in [4.78, 5) is 23.7. The second-order valence-corrected chi connectivity index (χ2v) is 7.81. The second-order valence-electron chi connectivity index (χ2n) is 7.81. The molecule has 0 bridgehead atoms. The number of allylic oxidation sites excluding steroid dienone is 2. The third kappa shape index (κ3) is 3.70. The predicted octanol–water partition coefficient (Wildman–Crippen LogP) is 3.62. The van der Waals surface area contributed by atoms with Crippen molar-refractivity contribution in [1.82, 2.24) is 20.2 Å². The number of hydrogen-bond donors (Lipinski definition) is 2. The van der Waals surface area contributed by atoms with Crippen molar-refractivity contribution in [3.8, 4) is 0 Å². The molecule has 0 radical (unpaired) electrons. The molecule has 7 heteroatoms. The highest BCUT2D eigenvalue weighted by Gasteiger charge is 2.24. The first-order valence-electron chi connectivity index (χ1n) is 10.4. The first-order valence-corrected chi connectivity index (χ1v) is 10.4. The van der Waals surface area contributed by atoms with Gasteiger partial charge in [0.2, 0.25) is 0 Å². The van der Waals surface area contributed by atoms with Crippen molar-refractivity contribution < 1.29 is 4.79 Å². The van der Waals surface area contributed by atoms with Crippen LogP contribution in [0.4, 0.5) is 11.4 Å². The lowest BCUT2D eigenvalue weighted by Crippen LogP contribution is -2.29. The molecule has 3 aromatic rings. The van der Waals surface area contributed by atoms with Crippen LogP contribution in [-0.2, 0) is 12.8 Å². The molecule has 152 valence electrons. The number of piperidine rings is 1. The Balaban J connectivity index is 1.36. The zero-order valence-corrected chi connectivity index (χ0v) is 16.8. The third-order valence-electron chi connectivity index (χ3n) is 5.82. The van der Waals surface area contributed by atoms with Crippen LogP contribution in [0.15, 0.2) is 49.1 Å². The van der Waals surface area contributed by atoms with E-state index in [1.165, 1.54) is 30.5 Å². The number of pyridine rings is 2. The molecule has 1 aliphatic heterocycles. The van der Waals surface area contributed by atoms with Gasteiger partial charge < -0.3 is 10.2 Å². The fraction of sp³-hybridized carbons (Fsp3) is 0.304. The van der Waals surface area contributed by atoms with E-state index in [-0.39, 0.29) is 5.91 Å². The van der Waals surface area contributed by atoms with Crippen molar-refractivity contribution in [1.29, 1.82) is 0 Å². The minimum atomic E-state index is -0.220. The molecule has 2 N–H and O–H groups in total. The van der Waals surface area contributed by atoms with Crippen molar-refractivity contribution >= 4 is 22.9 Å². The number of nitrogens with zero attached hydrogens (tertiary/aromatic N) is 4. The van der Waals surface area contributed by atoms with Gasteiger partial charge in [-0.15, -0.1) is 0 Å². The third-order valence-corrected chi connectivity index (χ3v) is 5.82. The number of anilines is 2. The maximum absolute atomic E-state index is 12.8. The molecule has 1 aliphatic carbocycles. The number of nitrogens with one attached hydrogen (secondary N) is 2. The van der Waals surface area contributed by atoms with Crippen LogP contribution >= 0.6 is 0 Å². The fourth-order valence-corrected chi connectivity index (χ4v) is 4.21. The summed E-state index contributed by atoms with van der Waals surface area (Å²) in [5.41, 5.74) is 6.53. The van der Waals surface area contributed by atoms with Gasteiger partial charge in [-0.05, 0) is 48.6 Å². The molecule has 0 aromatic carbocycles. The summed E-state index contributed by atoms with van der Waals surface area (Å²) in [7, 11) is 0. The highest BCUT2D eigenvalue weighted by molar-refractivity contribution is 6.04. The Morgan fingerprint density at radius 2 is 2.00 bits per heavy atom. The number of amides is 1. The lowest BCUT2D eigenvalue weighted by molar-refractivity contribution is 0.102. The van der Waals surface area contributed by atoms with Gasteiger partial charge in [-0.1, -0.05) is 6.08 Å². The van der Waals surface area contributed by atoms with E-state index in [4.69, 9.17) is 0 Å². The molecule has 3 aromatic heterocycles. The van der Waals surface area contributed by atoms with Crippen molar-refractivity contribution in [2.75, 3.05) is 23.3 Å². The number of aromatic nitrogens is 4. The summed E-state index contributed by atoms with van der Waals surface area (Å²) >= 11 is 0. The summed E-state index contributed by atoms with van der Waals surface area (Å²) in [5, 5.41) is 10.2. The SMILES string of the molecule is O=C(Nc1cccnc1)c1n[nH]c2c1CC(c1cncc(N3CCCCC3)c1)=CC2. The highest BCUT2D eigenvalue weighted by Crippen LogP contribution is 2.30. The van der Waals surface area contributed by atoms with Crippen LogP contribution < -0.4 is 10.2 Å². The van der Waals surface area contributed by atoms with E-state index in [0.29, 0.717) is 17.8 Å². The largest absolute Gasteiger partial charge is 0.370 e. The summed E-state index contributed by atoms with van der Waals surface area (Å²) in [5.74, 6) is -0.220. The van der Waals surface area contributed by atoms with Gasteiger partial charge in [0, 0.05) is 49.6 Å². The quantitative estimate of drug-likeness (QED) is 0.698. The molecule has 0 atom stereocenters. The van der Waals surface area contributed by atoms with E-state index in [9.17, 15) is 4.79 Å². The lowest BCUT2D eigenvalue weighted by atomic mass is 9.91. The number of aromatic amines is 1. The van der Waals surface area contributed by atoms with Gasteiger partial charge in [-0.25, -0.2) is 0 Å². The van der Waals surface area contributed by atoms with Gasteiger partial charge in [0.1, 0.15) is 0 Å². The lowest BCUT2D eigenvalue weighted by Gasteiger charge is -2.29. The number of fused-ring (bicyclic) bond motifs is 1. The summed E-state index contributed by atoms with van der Waals surface area (Å²) in [6.45, 7) is 2.18. The fourth-order valence-electron chi connectivity index (χ4n) is 4.21. The van der Waals surface area contributed by atoms with Gasteiger partial charge in [0.05, 0.1) is 23.8 Å². The molecule has 1 saturated heterocycles. The molecular weight excluding hydrogens is 376 g/mol. The van der Waals surface area contributed by atoms with Gasteiger partial charge in [0.25, 0.3) is 5.91 Å². The second kappa shape index (κ2) is 8.10. The van der Waals surface area contributed by atoms with Gasteiger partial charge in [0.15, 0.2) is 5.69 Å². The van der Waals surface area contributed by atoms with Crippen molar-refractivity contribution in [3.05, 3.63) is 71.6 Å². The maximum atomic E-state index is 12.8. The van der Waals surface area contributed by atoms with Crippen molar-refractivity contribution in [2.45, 2.75) is 32.1 Å². The van der Waals surface area contributed by atoms with Crippen LogP contribution in [0, 0.1) is 0 Å². The van der Waals surface area contributed by atoms with Gasteiger partial charge in [-0.3, -0.25) is 19.9 Å². The van der Waals surface area contributed by atoms with Crippen LogP contribution in [0.2, 0.25) is 0 Å². The number of carbonyl (C=O) groups excluding carboxylic acids is 1. The van der Waals surface area contributed by atoms with Gasteiger partial charge in [-0.2, -0.15) is 5.10 Å². The maximum Gasteiger partial charge on any atom is 0.276 e. The average molecular weight is 400 g/mol. The van der Waals surface area contributed by atoms with Crippen LogP contribution in [0.1, 0.15) is 46.6 Å². The zero-order valence-electron chi connectivity index (χ0n) is 16.8. The van der Waals surface area contributed by atoms with Crippen LogP contribution in [0.25, 0.3) is 5.57 Å². The molecule has 5 rings (SSSR count). The summed E-state index contributed by atoms with van der Waals surface area (Å²) in [6.07, 6.45) is 14.5. The molecule has 0 spiro atoms. The normalized spacial score (nSPS) is 16.0. The van der Waals surface area contributed by atoms with E-state index in [0.717, 1.165) is 36.3 Å². The van der Waals surface area contributed by atoms with E-state index < -0.39 is 0 Å². The molecular formula is C23H24N6O. The first kappa shape index (κ1) is 18.5. The average Bonchev–Trinajstić information content (AvgIpc) is 3.24. The monoisotopic (exact) mass is 400 g/mol. The minimum Gasteiger partial charge on any atom is -0.370 e. The summed E-state index contributed by atoms with van der Waals surface area (Å²) < 4.78 is 0. The van der Waals surface area contributed by atoms with E-state index >= 15 is 0 Å². The topological polar surface area (TPSA) is 86.8 Å². The number of H-pyrrole nitrogens is 1. The summed E-state index contributed by atoms with van der Waals surface area (Å²) in [6, 6.07) is 5.83. The number of rotatable bonds is 4. The Hall–Kier alpha value is -3.48. The molecule has 1 fully saturated rings. The molecule has 30 heavy (non-hydrogen) atoms. The molecule has 0 unspecified atom stereocenters. The Bertz CT molecular complexity index is 1080. The molecule has 0 saturated carbocycles. The van der Waals surface area contributed by atoms with Crippen LogP contribution in [0.3, 0.4) is 0 Å². The number of hydrogen-bond acceptors (Lipinski definition) is 5. The molecule has 1 amide bonds. The molecule has 7 nitrogen and oxygen atoms in total. The minimum absolute atomic E-state index is 0.220. The van der Waals surface area contributed by atoms with Crippen LogP contribution in [0.5, 0.6) is 0 Å². The highest BCUT2D eigenvalue weighted by atomic mass is 16.1. The van der Waals surface area contributed by atoms with E-state index in [1.54, 1.807) is 18.5 Å². The van der Waals surface area contributed by atoms with E-state index in [2.05, 4.69) is 42.5 Å².